The van der Waals surface area contributed by atoms with E-state index in [1.54, 1.807) is 43.5 Å². The average molecular weight is 455 g/mol. The van der Waals surface area contributed by atoms with E-state index >= 15 is 0 Å². The van der Waals surface area contributed by atoms with Gasteiger partial charge >= 0.3 is 6.09 Å². The zero-order valence-corrected chi connectivity index (χ0v) is 18.8. The van der Waals surface area contributed by atoms with Gasteiger partial charge in [-0.2, -0.15) is 9.98 Å². The van der Waals surface area contributed by atoms with Gasteiger partial charge in [-0.25, -0.2) is 9.79 Å². The van der Waals surface area contributed by atoms with Crippen LogP contribution in [0.2, 0.25) is 0 Å². The van der Waals surface area contributed by atoms with E-state index in [0.717, 1.165) is 5.56 Å². The second-order valence-electron chi connectivity index (χ2n) is 6.46. The van der Waals surface area contributed by atoms with Crippen molar-refractivity contribution in [2.45, 2.75) is 13.5 Å². The molecule has 1 amide bonds. The van der Waals surface area contributed by atoms with Crippen molar-refractivity contribution in [1.82, 2.24) is 10.1 Å². The van der Waals surface area contributed by atoms with Gasteiger partial charge in [0, 0.05) is 18.1 Å². The monoisotopic (exact) mass is 454 g/mol. The number of aromatic nitrogens is 2. The fourth-order valence-corrected chi connectivity index (χ4v) is 3.32. The number of nitrogens with zero attached hydrogens (tertiary/aromatic N) is 4. The largest absolute Gasteiger partial charge is 0.497 e. The fourth-order valence-electron chi connectivity index (χ4n) is 2.80. The standard InChI is InChI=1S/C22H22N4O5S/c1-13-23-20(26-31-13)15-5-7-17(8-6-15)24-19(21(32-4)25-22(28)30-3)16-9-14(12-27)10-18(11-16)29-2/h5-11,27H,12H2,1-4H3. The van der Waals surface area contributed by atoms with Crippen molar-refractivity contribution in [2.75, 3.05) is 20.5 Å². The molecule has 1 aromatic heterocycles. The summed E-state index contributed by atoms with van der Waals surface area (Å²) in [5, 5.41) is 13.9. The van der Waals surface area contributed by atoms with Crippen LogP contribution in [0.4, 0.5) is 10.5 Å². The van der Waals surface area contributed by atoms with Crippen molar-refractivity contribution in [3.63, 3.8) is 0 Å². The first kappa shape index (κ1) is 23.2. The Labute approximate surface area is 189 Å². The summed E-state index contributed by atoms with van der Waals surface area (Å²) in [6, 6.07) is 12.5. The summed E-state index contributed by atoms with van der Waals surface area (Å²) < 4.78 is 15.1. The maximum Gasteiger partial charge on any atom is 0.434 e. The topological polar surface area (TPSA) is 119 Å². The van der Waals surface area contributed by atoms with Crippen LogP contribution in [0.5, 0.6) is 5.75 Å². The van der Waals surface area contributed by atoms with Crippen LogP contribution in [0.1, 0.15) is 17.0 Å². The Morgan fingerprint density at radius 1 is 1.19 bits per heavy atom. The lowest BCUT2D eigenvalue weighted by Crippen LogP contribution is -2.15. The number of aryl methyl sites for hydroxylation is 1. The molecule has 0 aliphatic rings. The lowest BCUT2D eigenvalue weighted by molar-refractivity contribution is 0.183. The number of methoxy groups -OCH3 is 2. The number of hydrogen-bond acceptors (Lipinski definition) is 9. The number of hydrogen-bond donors (Lipinski definition) is 1. The SMILES string of the molecule is COC(=O)N=C(SC)C(=Nc1ccc(-c2noc(C)n2)cc1)c1cc(CO)cc(OC)c1. The molecule has 0 unspecified atom stereocenters. The Bertz CT molecular complexity index is 1130. The first-order valence-electron chi connectivity index (χ1n) is 9.47. The molecule has 3 rings (SSSR count). The highest BCUT2D eigenvalue weighted by atomic mass is 32.2. The van der Waals surface area contributed by atoms with Crippen molar-refractivity contribution in [3.05, 3.63) is 59.5 Å². The zero-order valence-electron chi connectivity index (χ0n) is 18.0. The van der Waals surface area contributed by atoms with E-state index in [2.05, 4.69) is 15.1 Å². The van der Waals surface area contributed by atoms with Crippen molar-refractivity contribution < 1.29 is 23.9 Å². The normalized spacial score (nSPS) is 12.0. The van der Waals surface area contributed by atoms with Crippen molar-refractivity contribution in [2.24, 2.45) is 9.98 Å². The predicted molar refractivity (Wildman–Crippen MR) is 123 cm³/mol. The lowest BCUT2D eigenvalue weighted by Gasteiger charge is -2.12. The van der Waals surface area contributed by atoms with Gasteiger partial charge in [-0.1, -0.05) is 5.16 Å². The first-order chi connectivity index (χ1) is 15.5. The van der Waals surface area contributed by atoms with Crippen LogP contribution in [-0.4, -0.2) is 52.6 Å². The molecule has 3 aromatic rings. The van der Waals surface area contributed by atoms with Crippen LogP contribution in [0.15, 0.2) is 57.0 Å². The predicted octanol–water partition coefficient (Wildman–Crippen LogP) is 4.19. The first-order valence-corrected chi connectivity index (χ1v) is 10.7. The van der Waals surface area contributed by atoms with E-state index in [1.807, 2.05) is 12.1 Å². The highest BCUT2D eigenvalue weighted by molar-refractivity contribution is 8.15. The van der Waals surface area contributed by atoms with Crippen LogP contribution in [0.25, 0.3) is 11.4 Å². The Hall–Kier alpha value is -3.50. The summed E-state index contributed by atoms with van der Waals surface area (Å²) in [7, 11) is 2.79. The molecule has 32 heavy (non-hydrogen) atoms. The van der Waals surface area contributed by atoms with Crippen molar-refractivity contribution >= 4 is 34.3 Å². The molecule has 0 saturated carbocycles. The molecule has 2 aromatic carbocycles. The second kappa shape index (κ2) is 10.7. The second-order valence-corrected chi connectivity index (χ2v) is 7.26. The summed E-state index contributed by atoms with van der Waals surface area (Å²) in [5.41, 5.74) is 3.08. The Morgan fingerprint density at radius 2 is 1.94 bits per heavy atom. The van der Waals surface area contributed by atoms with Gasteiger partial charge < -0.3 is 19.1 Å². The van der Waals surface area contributed by atoms with E-state index in [-0.39, 0.29) is 6.61 Å². The maximum atomic E-state index is 11.9. The third-order valence-electron chi connectivity index (χ3n) is 4.32. The van der Waals surface area contributed by atoms with Gasteiger partial charge in [0.25, 0.3) is 0 Å². The summed E-state index contributed by atoms with van der Waals surface area (Å²) in [6.45, 7) is 1.54. The Balaban J connectivity index is 2.11. The Morgan fingerprint density at radius 3 is 2.50 bits per heavy atom. The number of carbonyl (C=O) groups excluding carboxylic acids is 1. The highest BCUT2D eigenvalue weighted by Crippen LogP contribution is 2.25. The van der Waals surface area contributed by atoms with Gasteiger partial charge in [0.2, 0.25) is 11.7 Å². The molecule has 0 saturated heterocycles. The van der Waals surface area contributed by atoms with Gasteiger partial charge in [-0.15, -0.1) is 11.8 Å². The number of aliphatic imine (C=N–C) groups is 2. The van der Waals surface area contributed by atoms with Gasteiger partial charge in [-0.05, 0) is 54.3 Å². The molecule has 1 heterocycles. The Kier molecular flexibility index (Phi) is 7.74. The molecule has 0 bridgehead atoms. The molecule has 1 N–H and O–H groups in total. The minimum atomic E-state index is -0.741. The highest BCUT2D eigenvalue weighted by Gasteiger charge is 2.16. The van der Waals surface area contributed by atoms with Crippen LogP contribution >= 0.6 is 11.8 Å². The summed E-state index contributed by atoms with van der Waals surface area (Å²) in [6.07, 6.45) is 1.04. The van der Waals surface area contributed by atoms with Crippen molar-refractivity contribution in [3.8, 4) is 17.1 Å². The van der Waals surface area contributed by atoms with Gasteiger partial charge in [0.05, 0.1) is 26.5 Å². The van der Waals surface area contributed by atoms with Gasteiger partial charge in [0.1, 0.15) is 16.5 Å². The lowest BCUT2D eigenvalue weighted by atomic mass is 10.1. The van der Waals surface area contributed by atoms with Crippen LogP contribution < -0.4 is 4.74 Å². The fraction of sp³-hybridized carbons (Fsp3) is 0.227. The third kappa shape index (κ3) is 5.59. The summed E-state index contributed by atoms with van der Waals surface area (Å²) >= 11 is 1.25. The van der Waals surface area contributed by atoms with Crippen LogP contribution in [0, 0.1) is 6.92 Å². The molecule has 0 fully saturated rings. The molecule has 0 radical (unpaired) electrons. The summed E-state index contributed by atoms with van der Waals surface area (Å²) in [4.78, 5) is 24.8. The van der Waals surface area contributed by atoms with E-state index in [0.29, 0.717) is 45.0 Å². The smallest absolute Gasteiger partial charge is 0.434 e. The van der Waals surface area contributed by atoms with Gasteiger partial charge in [0.15, 0.2) is 0 Å². The zero-order chi connectivity index (χ0) is 23.1. The molecule has 0 aliphatic carbocycles. The number of rotatable bonds is 6. The maximum absolute atomic E-state index is 11.9. The third-order valence-corrected chi connectivity index (χ3v) is 4.99. The van der Waals surface area contributed by atoms with E-state index in [1.165, 1.54) is 26.0 Å². The van der Waals surface area contributed by atoms with Gasteiger partial charge in [-0.3, -0.25) is 0 Å². The molecular formula is C22H22N4O5S. The molecule has 0 atom stereocenters. The number of aliphatic hydroxyl groups excluding tert-OH is 1. The number of benzene rings is 2. The number of amides is 1. The minimum absolute atomic E-state index is 0.182. The summed E-state index contributed by atoms with van der Waals surface area (Å²) in [5.74, 6) is 1.50. The average Bonchev–Trinajstić information content (AvgIpc) is 3.27. The number of ether oxygens (including phenoxy) is 2. The number of thioether (sulfide) groups is 1. The minimum Gasteiger partial charge on any atom is -0.497 e. The van der Waals surface area contributed by atoms with Crippen molar-refractivity contribution in [1.29, 1.82) is 0 Å². The van der Waals surface area contributed by atoms with E-state index in [4.69, 9.17) is 19.0 Å². The number of aliphatic hydroxyl groups is 1. The van der Waals surface area contributed by atoms with E-state index < -0.39 is 6.09 Å². The molecule has 166 valence electrons. The molecule has 10 heteroatoms. The molecule has 9 nitrogen and oxygen atoms in total. The quantitative estimate of drug-likeness (QED) is 0.435. The molecular weight excluding hydrogens is 432 g/mol. The molecule has 0 aliphatic heterocycles. The van der Waals surface area contributed by atoms with E-state index in [9.17, 15) is 9.90 Å². The molecule has 0 spiro atoms. The van der Waals surface area contributed by atoms with Crippen LogP contribution in [0.3, 0.4) is 0 Å². The van der Waals surface area contributed by atoms with Crippen LogP contribution in [-0.2, 0) is 11.3 Å². The number of carbonyl (C=O) groups is 1.